The van der Waals surface area contributed by atoms with Gasteiger partial charge < -0.3 is 10.1 Å². The molecule has 0 bridgehead atoms. The van der Waals surface area contributed by atoms with Gasteiger partial charge in [-0.3, -0.25) is 0 Å². The summed E-state index contributed by atoms with van der Waals surface area (Å²) in [5.74, 6) is 0.914. The van der Waals surface area contributed by atoms with Crippen LogP contribution in [0.4, 0.5) is 5.69 Å². The Morgan fingerprint density at radius 1 is 1.17 bits per heavy atom. The average Bonchev–Trinajstić information content (AvgIpc) is 2.35. The van der Waals surface area contributed by atoms with Crippen LogP contribution >= 0.6 is 15.9 Å². The number of hydrogen-bond acceptors (Lipinski definition) is 2. The van der Waals surface area contributed by atoms with Crippen LogP contribution in [0.15, 0.2) is 46.9 Å². The first-order valence-electron chi connectivity index (χ1n) is 5.82. The molecule has 18 heavy (non-hydrogen) atoms. The number of hydrogen-bond donors (Lipinski definition) is 1. The van der Waals surface area contributed by atoms with Gasteiger partial charge in [0.2, 0.25) is 0 Å². The average molecular weight is 306 g/mol. The summed E-state index contributed by atoms with van der Waals surface area (Å²) in [6.45, 7) is 2.83. The van der Waals surface area contributed by atoms with Crippen molar-refractivity contribution in [3.8, 4) is 5.75 Å². The molecule has 0 heterocycles. The van der Waals surface area contributed by atoms with Crippen LogP contribution < -0.4 is 10.1 Å². The van der Waals surface area contributed by atoms with Crippen molar-refractivity contribution in [2.24, 2.45) is 0 Å². The van der Waals surface area contributed by atoms with Gasteiger partial charge in [0.25, 0.3) is 0 Å². The van der Waals surface area contributed by atoms with Crippen molar-refractivity contribution >= 4 is 21.6 Å². The van der Waals surface area contributed by atoms with Crippen molar-refractivity contribution in [1.82, 2.24) is 0 Å². The zero-order chi connectivity index (χ0) is 13.0. The van der Waals surface area contributed by atoms with E-state index in [1.165, 1.54) is 5.56 Å². The van der Waals surface area contributed by atoms with Crippen LogP contribution in [0.3, 0.4) is 0 Å². The molecule has 0 amide bonds. The van der Waals surface area contributed by atoms with Crippen molar-refractivity contribution < 1.29 is 4.74 Å². The van der Waals surface area contributed by atoms with E-state index in [1.54, 1.807) is 7.11 Å². The number of para-hydroxylation sites is 1. The molecule has 2 nitrogen and oxygen atoms in total. The molecule has 1 N–H and O–H groups in total. The molecule has 2 aromatic rings. The Hall–Kier alpha value is -1.48. The highest BCUT2D eigenvalue weighted by molar-refractivity contribution is 9.10. The summed E-state index contributed by atoms with van der Waals surface area (Å²) in [5, 5.41) is 3.41. The van der Waals surface area contributed by atoms with Crippen LogP contribution in [0.5, 0.6) is 5.75 Å². The van der Waals surface area contributed by atoms with Gasteiger partial charge in [-0.15, -0.1) is 0 Å². The largest absolute Gasteiger partial charge is 0.496 e. The zero-order valence-electron chi connectivity index (χ0n) is 10.5. The second-order valence-corrected chi connectivity index (χ2v) is 5.10. The van der Waals surface area contributed by atoms with Gasteiger partial charge in [0.15, 0.2) is 0 Å². The number of anilines is 1. The van der Waals surface area contributed by atoms with Crippen molar-refractivity contribution in [3.05, 3.63) is 58.1 Å². The SMILES string of the molecule is COc1ccccc1CNc1cc(C)cc(Br)c1. The van der Waals surface area contributed by atoms with Crippen LogP contribution in [0.1, 0.15) is 11.1 Å². The summed E-state index contributed by atoms with van der Waals surface area (Å²) >= 11 is 3.50. The highest BCUT2D eigenvalue weighted by Gasteiger charge is 2.02. The van der Waals surface area contributed by atoms with Gasteiger partial charge in [-0.2, -0.15) is 0 Å². The number of halogens is 1. The molecular weight excluding hydrogens is 290 g/mol. The van der Waals surface area contributed by atoms with E-state index in [0.717, 1.165) is 28.0 Å². The first-order valence-corrected chi connectivity index (χ1v) is 6.61. The number of nitrogens with one attached hydrogen (secondary N) is 1. The molecular formula is C15H16BrNO. The first-order chi connectivity index (χ1) is 8.69. The summed E-state index contributed by atoms with van der Waals surface area (Å²) in [6.07, 6.45) is 0. The van der Waals surface area contributed by atoms with Gasteiger partial charge in [-0.05, 0) is 36.8 Å². The molecule has 2 rings (SSSR count). The Kier molecular flexibility index (Phi) is 4.26. The highest BCUT2D eigenvalue weighted by atomic mass is 79.9. The maximum atomic E-state index is 5.33. The third kappa shape index (κ3) is 3.26. The standard InChI is InChI=1S/C15H16BrNO/c1-11-7-13(16)9-14(8-11)17-10-12-5-3-4-6-15(12)18-2/h3-9,17H,10H2,1-2H3. The van der Waals surface area contributed by atoms with E-state index in [0.29, 0.717) is 0 Å². The lowest BCUT2D eigenvalue weighted by Crippen LogP contribution is -2.01. The van der Waals surface area contributed by atoms with Gasteiger partial charge >= 0.3 is 0 Å². The molecule has 0 aliphatic heterocycles. The van der Waals surface area contributed by atoms with Gasteiger partial charge in [0.05, 0.1) is 7.11 Å². The van der Waals surface area contributed by atoms with E-state index >= 15 is 0 Å². The molecule has 0 saturated heterocycles. The minimum atomic E-state index is 0.750. The second kappa shape index (κ2) is 5.91. The van der Waals surface area contributed by atoms with Crippen molar-refractivity contribution in [1.29, 1.82) is 0 Å². The first kappa shape index (κ1) is 13.0. The van der Waals surface area contributed by atoms with Crippen molar-refractivity contribution in [2.75, 3.05) is 12.4 Å². The number of aryl methyl sites for hydroxylation is 1. The van der Waals surface area contributed by atoms with Gasteiger partial charge in [0, 0.05) is 22.3 Å². The Morgan fingerprint density at radius 3 is 2.67 bits per heavy atom. The minimum absolute atomic E-state index is 0.750. The molecule has 3 heteroatoms. The van der Waals surface area contributed by atoms with Crippen LogP contribution in [0.2, 0.25) is 0 Å². The predicted molar refractivity (Wildman–Crippen MR) is 79.2 cm³/mol. The van der Waals surface area contributed by atoms with E-state index in [-0.39, 0.29) is 0 Å². The fourth-order valence-corrected chi connectivity index (χ4v) is 2.49. The molecule has 0 aliphatic carbocycles. The molecule has 2 aromatic carbocycles. The van der Waals surface area contributed by atoms with E-state index in [2.05, 4.69) is 52.4 Å². The third-order valence-corrected chi connectivity index (χ3v) is 3.18. The summed E-state index contributed by atoms with van der Waals surface area (Å²) in [7, 11) is 1.70. The Morgan fingerprint density at radius 2 is 1.94 bits per heavy atom. The molecule has 0 radical (unpaired) electrons. The zero-order valence-corrected chi connectivity index (χ0v) is 12.1. The second-order valence-electron chi connectivity index (χ2n) is 4.18. The maximum Gasteiger partial charge on any atom is 0.123 e. The van der Waals surface area contributed by atoms with E-state index in [1.807, 2.05) is 18.2 Å². The normalized spacial score (nSPS) is 10.2. The monoisotopic (exact) mass is 305 g/mol. The lowest BCUT2D eigenvalue weighted by atomic mass is 10.2. The summed E-state index contributed by atoms with van der Waals surface area (Å²) in [4.78, 5) is 0. The van der Waals surface area contributed by atoms with Crippen LogP contribution in [-0.2, 0) is 6.54 Å². The summed E-state index contributed by atoms with van der Waals surface area (Å²) in [5.41, 5.74) is 3.48. The highest BCUT2D eigenvalue weighted by Crippen LogP contribution is 2.22. The quantitative estimate of drug-likeness (QED) is 0.905. The molecule has 0 atom stereocenters. The van der Waals surface area contributed by atoms with Crippen molar-refractivity contribution in [2.45, 2.75) is 13.5 Å². The van der Waals surface area contributed by atoms with E-state index in [9.17, 15) is 0 Å². The van der Waals surface area contributed by atoms with Crippen molar-refractivity contribution in [3.63, 3.8) is 0 Å². The third-order valence-electron chi connectivity index (χ3n) is 2.72. The summed E-state index contributed by atoms with van der Waals surface area (Å²) < 4.78 is 6.42. The topological polar surface area (TPSA) is 21.3 Å². The smallest absolute Gasteiger partial charge is 0.123 e. The van der Waals surface area contributed by atoms with Crippen LogP contribution in [-0.4, -0.2) is 7.11 Å². The molecule has 0 saturated carbocycles. The van der Waals surface area contributed by atoms with E-state index < -0.39 is 0 Å². The molecule has 0 spiro atoms. The number of methoxy groups -OCH3 is 1. The molecule has 0 aromatic heterocycles. The molecule has 0 aliphatic rings. The number of rotatable bonds is 4. The molecule has 0 fully saturated rings. The lowest BCUT2D eigenvalue weighted by molar-refractivity contribution is 0.410. The van der Waals surface area contributed by atoms with Gasteiger partial charge in [-0.1, -0.05) is 34.1 Å². The Labute approximate surface area is 116 Å². The maximum absolute atomic E-state index is 5.33. The fraction of sp³-hybridized carbons (Fsp3) is 0.200. The molecule has 0 unspecified atom stereocenters. The Balaban J connectivity index is 2.11. The van der Waals surface area contributed by atoms with E-state index in [4.69, 9.17) is 4.74 Å². The minimum Gasteiger partial charge on any atom is -0.496 e. The number of ether oxygens (including phenoxy) is 1. The van der Waals surface area contributed by atoms with Gasteiger partial charge in [-0.25, -0.2) is 0 Å². The van der Waals surface area contributed by atoms with Crippen LogP contribution in [0, 0.1) is 6.92 Å². The predicted octanol–water partition coefficient (Wildman–Crippen LogP) is 4.38. The van der Waals surface area contributed by atoms with Crippen LogP contribution in [0.25, 0.3) is 0 Å². The Bertz CT molecular complexity index is 520. The fourth-order valence-electron chi connectivity index (χ4n) is 1.88. The van der Waals surface area contributed by atoms with Gasteiger partial charge in [0.1, 0.15) is 5.75 Å². The summed E-state index contributed by atoms with van der Waals surface area (Å²) in [6, 6.07) is 14.3. The molecule has 94 valence electrons. The number of benzene rings is 2. The lowest BCUT2D eigenvalue weighted by Gasteiger charge is -2.11.